The number of rotatable bonds is 4. The molecule has 1 aliphatic heterocycles. The van der Waals surface area contributed by atoms with Gasteiger partial charge in [0, 0.05) is 18.2 Å². The Balaban J connectivity index is 1.84. The predicted octanol–water partition coefficient (Wildman–Crippen LogP) is 3.29. The number of halogens is 3. The molecule has 4 heterocycles. The highest BCUT2D eigenvalue weighted by molar-refractivity contribution is 14.1. The third-order valence-corrected chi connectivity index (χ3v) is 5.82. The van der Waals surface area contributed by atoms with Crippen LogP contribution in [0.25, 0.3) is 16.8 Å². The number of hydrogen-bond acceptors (Lipinski definition) is 7. The SMILES string of the molecule is COc1ncc(-c2cc3c(N4CC(C)(C)C(F)(F)C4)ncc(I)n3n2)c(OC)n1. The lowest BCUT2D eigenvalue weighted by atomic mass is 9.89. The zero-order valence-corrected chi connectivity index (χ0v) is 18.4. The monoisotopic (exact) mass is 516 g/mol. The van der Waals surface area contributed by atoms with Crippen molar-refractivity contribution in [1.82, 2.24) is 24.6 Å². The molecule has 3 aromatic rings. The molecule has 4 rings (SSSR count). The van der Waals surface area contributed by atoms with Crippen LogP contribution in [-0.2, 0) is 0 Å². The van der Waals surface area contributed by atoms with Crippen molar-refractivity contribution in [2.75, 3.05) is 32.2 Å². The molecular weight excluding hydrogens is 497 g/mol. The summed E-state index contributed by atoms with van der Waals surface area (Å²) in [6, 6.07) is 1.95. The van der Waals surface area contributed by atoms with E-state index in [0.29, 0.717) is 28.5 Å². The predicted molar refractivity (Wildman–Crippen MR) is 111 cm³/mol. The van der Waals surface area contributed by atoms with Crippen LogP contribution in [0.15, 0.2) is 18.5 Å². The number of anilines is 1. The molecule has 8 nitrogen and oxygen atoms in total. The quantitative estimate of drug-likeness (QED) is 0.493. The van der Waals surface area contributed by atoms with Crippen LogP contribution in [0.4, 0.5) is 14.6 Å². The van der Waals surface area contributed by atoms with E-state index in [0.717, 1.165) is 3.70 Å². The van der Waals surface area contributed by atoms with Crippen molar-refractivity contribution in [1.29, 1.82) is 0 Å². The van der Waals surface area contributed by atoms with Gasteiger partial charge in [0.1, 0.15) is 14.9 Å². The van der Waals surface area contributed by atoms with Gasteiger partial charge in [-0.2, -0.15) is 10.1 Å². The molecule has 11 heteroatoms. The van der Waals surface area contributed by atoms with Crippen molar-refractivity contribution in [2.45, 2.75) is 19.8 Å². The van der Waals surface area contributed by atoms with Gasteiger partial charge in [-0.05, 0) is 28.7 Å². The molecule has 0 atom stereocenters. The minimum Gasteiger partial charge on any atom is -0.480 e. The maximum atomic E-state index is 14.4. The molecule has 0 amide bonds. The van der Waals surface area contributed by atoms with Crippen LogP contribution >= 0.6 is 22.6 Å². The van der Waals surface area contributed by atoms with Crippen molar-refractivity contribution in [3.63, 3.8) is 0 Å². The van der Waals surface area contributed by atoms with Crippen LogP contribution in [0, 0.1) is 9.12 Å². The average Bonchev–Trinajstić information content (AvgIpc) is 3.20. The molecule has 1 saturated heterocycles. The van der Waals surface area contributed by atoms with Crippen LogP contribution in [-0.4, -0.2) is 57.8 Å². The number of ether oxygens (including phenoxy) is 2. The Hall–Kier alpha value is -2.31. The Morgan fingerprint density at radius 1 is 1.10 bits per heavy atom. The Morgan fingerprint density at radius 2 is 1.86 bits per heavy atom. The number of aromatic nitrogens is 5. The first-order chi connectivity index (χ1) is 13.7. The van der Waals surface area contributed by atoms with Gasteiger partial charge in [-0.25, -0.2) is 23.3 Å². The first-order valence-corrected chi connectivity index (χ1v) is 9.87. The second-order valence-corrected chi connectivity index (χ2v) is 8.56. The summed E-state index contributed by atoms with van der Waals surface area (Å²) < 4.78 is 41.7. The minimum absolute atomic E-state index is 0.174. The third-order valence-electron chi connectivity index (χ3n) is 5.08. The van der Waals surface area contributed by atoms with Gasteiger partial charge in [-0.3, -0.25) is 0 Å². The molecule has 1 fully saturated rings. The van der Waals surface area contributed by atoms with E-state index in [-0.39, 0.29) is 12.6 Å². The molecule has 0 bridgehead atoms. The summed E-state index contributed by atoms with van der Waals surface area (Å²) in [6.07, 6.45) is 3.17. The van der Waals surface area contributed by atoms with Gasteiger partial charge in [-0.1, -0.05) is 13.8 Å². The Morgan fingerprint density at radius 3 is 2.48 bits per heavy atom. The number of nitrogens with zero attached hydrogens (tertiary/aromatic N) is 6. The minimum atomic E-state index is -2.81. The number of alkyl halides is 2. The highest BCUT2D eigenvalue weighted by Crippen LogP contribution is 2.45. The zero-order valence-electron chi connectivity index (χ0n) is 16.3. The molecule has 0 radical (unpaired) electrons. The first-order valence-electron chi connectivity index (χ1n) is 8.79. The first kappa shape index (κ1) is 20.0. The van der Waals surface area contributed by atoms with E-state index in [1.807, 2.05) is 0 Å². The lowest BCUT2D eigenvalue weighted by Gasteiger charge is -2.24. The van der Waals surface area contributed by atoms with E-state index in [1.54, 1.807) is 41.7 Å². The van der Waals surface area contributed by atoms with Gasteiger partial charge in [0.2, 0.25) is 5.88 Å². The fourth-order valence-electron chi connectivity index (χ4n) is 3.35. The molecule has 0 unspecified atom stereocenters. The van der Waals surface area contributed by atoms with Gasteiger partial charge >= 0.3 is 6.01 Å². The van der Waals surface area contributed by atoms with Crippen LogP contribution in [0.2, 0.25) is 0 Å². The summed E-state index contributed by atoms with van der Waals surface area (Å²) in [5, 5.41) is 4.61. The number of hydrogen-bond donors (Lipinski definition) is 0. The normalized spacial score (nSPS) is 17.7. The molecular formula is C18H19F2IN6O2. The second kappa shape index (κ2) is 6.89. The van der Waals surface area contributed by atoms with Crippen LogP contribution < -0.4 is 14.4 Å². The average molecular weight is 516 g/mol. The standard InChI is InChI=1S/C18H19F2IN6O2/c1-17(2)8-26(9-18(17,19)20)14-12-5-11(25-27(12)13(21)7-22-14)10-6-23-16(29-4)24-15(10)28-3/h5-7H,8-9H2,1-4H3. The lowest BCUT2D eigenvalue weighted by Crippen LogP contribution is -2.34. The fourth-order valence-corrected chi connectivity index (χ4v) is 3.85. The molecule has 0 saturated carbocycles. The smallest absolute Gasteiger partial charge is 0.319 e. The molecule has 154 valence electrons. The van der Waals surface area contributed by atoms with E-state index >= 15 is 0 Å². The molecule has 0 aliphatic carbocycles. The second-order valence-electron chi connectivity index (χ2n) is 7.46. The summed E-state index contributed by atoms with van der Waals surface area (Å²) in [6.45, 7) is 2.94. The largest absolute Gasteiger partial charge is 0.480 e. The van der Waals surface area contributed by atoms with E-state index in [2.05, 4.69) is 42.6 Å². The zero-order chi connectivity index (χ0) is 21.0. The summed E-state index contributed by atoms with van der Waals surface area (Å²) in [5.41, 5.74) is 0.580. The van der Waals surface area contributed by atoms with Gasteiger partial charge in [-0.15, -0.1) is 0 Å². The lowest BCUT2D eigenvalue weighted by molar-refractivity contribution is -0.0642. The summed E-state index contributed by atoms with van der Waals surface area (Å²) >= 11 is 2.10. The van der Waals surface area contributed by atoms with Crippen molar-refractivity contribution < 1.29 is 18.3 Å². The van der Waals surface area contributed by atoms with Crippen molar-refractivity contribution in [3.8, 4) is 23.1 Å². The number of methoxy groups -OCH3 is 2. The Kier molecular flexibility index (Phi) is 4.74. The van der Waals surface area contributed by atoms with E-state index in [9.17, 15) is 8.78 Å². The highest BCUT2D eigenvalue weighted by Gasteiger charge is 2.54. The van der Waals surface area contributed by atoms with Gasteiger partial charge in [0.05, 0.1) is 32.5 Å². The molecule has 1 aliphatic rings. The van der Waals surface area contributed by atoms with Crippen molar-refractivity contribution >= 4 is 33.9 Å². The Bertz CT molecular complexity index is 1070. The molecule has 3 aromatic heterocycles. The van der Waals surface area contributed by atoms with Gasteiger partial charge < -0.3 is 14.4 Å². The van der Waals surface area contributed by atoms with Crippen LogP contribution in [0.3, 0.4) is 0 Å². The topological polar surface area (TPSA) is 77.7 Å². The van der Waals surface area contributed by atoms with Gasteiger partial charge in [0.15, 0.2) is 5.82 Å². The van der Waals surface area contributed by atoms with Crippen molar-refractivity contribution in [3.05, 3.63) is 22.2 Å². The summed E-state index contributed by atoms with van der Waals surface area (Å²) in [4.78, 5) is 14.4. The molecule has 0 spiro atoms. The summed E-state index contributed by atoms with van der Waals surface area (Å²) in [7, 11) is 2.96. The van der Waals surface area contributed by atoms with Gasteiger partial charge in [0.25, 0.3) is 5.92 Å². The molecule has 0 aromatic carbocycles. The molecule has 29 heavy (non-hydrogen) atoms. The van der Waals surface area contributed by atoms with Crippen LogP contribution in [0.5, 0.6) is 11.9 Å². The fraction of sp³-hybridized carbons (Fsp3) is 0.444. The van der Waals surface area contributed by atoms with E-state index in [4.69, 9.17) is 9.47 Å². The Labute approximate surface area is 179 Å². The van der Waals surface area contributed by atoms with Crippen LogP contribution in [0.1, 0.15) is 13.8 Å². The van der Waals surface area contributed by atoms with Crippen molar-refractivity contribution in [2.24, 2.45) is 5.41 Å². The maximum Gasteiger partial charge on any atom is 0.319 e. The highest BCUT2D eigenvalue weighted by atomic mass is 127. The summed E-state index contributed by atoms with van der Waals surface area (Å²) in [5.74, 6) is -2.05. The van der Waals surface area contributed by atoms with E-state index in [1.165, 1.54) is 14.2 Å². The van der Waals surface area contributed by atoms with E-state index < -0.39 is 17.9 Å². The number of fused-ring (bicyclic) bond motifs is 1. The molecule has 0 N–H and O–H groups in total. The third kappa shape index (κ3) is 3.24. The maximum absolute atomic E-state index is 14.4.